The minimum Gasteiger partial charge on any atom is -0.465 e. The Labute approximate surface area is 155 Å². The third-order valence-electron chi connectivity index (χ3n) is 5.30. The predicted molar refractivity (Wildman–Crippen MR) is 102 cm³/mol. The van der Waals surface area contributed by atoms with Crippen molar-refractivity contribution in [3.8, 4) is 0 Å². The van der Waals surface area contributed by atoms with Gasteiger partial charge in [-0.2, -0.15) is 0 Å². The molecule has 2 unspecified atom stereocenters. The van der Waals surface area contributed by atoms with Crippen molar-refractivity contribution < 1.29 is 18.6 Å². The zero-order chi connectivity index (χ0) is 18.6. The van der Waals surface area contributed by atoms with Crippen LogP contribution in [0.5, 0.6) is 0 Å². The summed E-state index contributed by atoms with van der Waals surface area (Å²) in [5.74, 6) is -0.665. The minimum absolute atomic E-state index is 0.0385. The first-order valence-corrected chi connectivity index (χ1v) is 11.5. The van der Waals surface area contributed by atoms with Crippen LogP contribution >= 0.6 is 7.37 Å². The zero-order valence-electron chi connectivity index (χ0n) is 15.3. The summed E-state index contributed by atoms with van der Waals surface area (Å²) in [5.41, 5.74) is 5.48. The standard InChI is InChI=1S/C19H29N2O4P/c1-26(23,15-7-3-2-4-8-15)25-17-13-14-9-10-16(21-14)18(17)19(22)24-12-6-5-11-20/h2-4,7-8,14,16-18,21H,5-6,9-13,20H2,1H3/t14?,16?,17-,18+,26-/m0/s1. The molecule has 26 heavy (non-hydrogen) atoms. The average molecular weight is 380 g/mol. The van der Waals surface area contributed by atoms with Crippen molar-refractivity contribution >= 4 is 18.6 Å². The van der Waals surface area contributed by atoms with E-state index in [0.29, 0.717) is 30.9 Å². The fourth-order valence-corrected chi connectivity index (χ4v) is 5.53. The molecule has 0 radical (unpaired) electrons. The number of carbonyl (C=O) groups is 1. The lowest BCUT2D eigenvalue weighted by Crippen LogP contribution is -2.52. The monoisotopic (exact) mass is 380 g/mol. The molecule has 2 fully saturated rings. The molecule has 0 spiro atoms. The van der Waals surface area contributed by atoms with Gasteiger partial charge >= 0.3 is 5.97 Å². The molecule has 6 nitrogen and oxygen atoms in total. The summed E-state index contributed by atoms with van der Waals surface area (Å²) >= 11 is 0. The maximum Gasteiger partial charge on any atom is 0.313 e. The predicted octanol–water partition coefficient (Wildman–Crippen LogP) is 2.03. The summed E-state index contributed by atoms with van der Waals surface area (Å²) in [6, 6.07) is 9.58. The van der Waals surface area contributed by atoms with Crippen molar-refractivity contribution in [1.29, 1.82) is 0 Å². The normalized spacial score (nSPS) is 29.9. The summed E-state index contributed by atoms with van der Waals surface area (Å²) in [4.78, 5) is 12.7. The van der Waals surface area contributed by atoms with Gasteiger partial charge in [-0.3, -0.25) is 9.36 Å². The number of hydrogen-bond acceptors (Lipinski definition) is 6. The van der Waals surface area contributed by atoms with Crippen molar-refractivity contribution in [1.82, 2.24) is 5.32 Å². The third kappa shape index (κ3) is 4.55. The van der Waals surface area contributed by atoms with Gasteiger partial charge in [0.15, 0.2) is 0 Å². The zero-order valence-corrected chi connectivity index (χ0v) is 16.2. The molecule has 2 heterocycles. The van der Waals surface area contributed by atoms with Crippen LogP contribution in [0, 0.1) is 5.92 Å². The number of benzene rings is 1. The second kappa shape index (κ2) is 8.66. The van der Waals surface area contributed by atoms with Gasteiger partial charge in [0, 0.05) is 24.1 Å². The van der Waals surface area contributed by atoms with E-state index < -0.39 is 13.3 Å². The Kier molecular flexibility index (Phi) is 6.51. The molecule has 0 saturated carbocycles. The molecule has 2 aliphatic rings. The number of esters is 1. The summed E-state index contributed by atoms with van der Waals surface area (Å²) in [6.07, 6.45) is 3.83. The van der Waals surface area contributed by atoms with Gasteiger partial charge in [-0.25, -0.2) is 0 Å². The number of rotatable bonds is 8. The van der Waals surface area contributed by atoms with Crippen molar-refractivity contribution in [3.63, 3.8) is 0 Å². The number of hydrogen-bond donors (Lipinski definition) is 2. The smallest absolute Gasteiger partial charge is 0.313 e. The maximum atomic E-state index is 13.2. The summed E-state index contributed by atoms with van der Waals surface area (Å²) in [5, 5.41) is 4.17. The second-order valence-electron chi connectivity index (χ2n) is 7.30. The van der Waals surface area contributed by atoms with Crippen molar-refractivity contribution in [2.45, 2.75) is 50.3 Å². The number of fused-ring (bicyclic) bond motifs is 2. The Morgan fingerprint density at radius 2 is 2.04 bits per heavy atom. The van der Waals surface area contributed by atoms with Crippen LogP contribution in [0.1, 0.15) is 32.1 Å². The van der Waals surface area contributed by atoms with Crippen LogP contribution in [0.15, 0.2) is 30.3 Å². The van der Waals surface area contributed by atoms with Gasteiger partial charge in [0.2, 0.25) is 7.37 Å². The minimum atomic E-state index is -3.00. The lowest BCUT2D eigenvalue weighted by Gasteiger charge is -2.37. The number of nitrogens with two attached hydrogens (primary N) is 1. The summed E-state index contributed by atoms with van der Waals surface area (Å²) in [6.45, 7) is 2.60. The maximum absolute atomic E-state index is 13.2. The molecular weight excluding hydrogens is 351 g/mol. The van der Waals surface area contributed by atoms with Gasteiger partial charge in [0.05, 0.1) is 18.6 Å². The van der Waals surface area contributed by atoms with E-state index in [2.05, 4.69) is 5.32 Å². The van der Waals surface area contributed by atoms with Crippen molar-refractivity contribution in [2.24, 2.45) is 11.7 Å². The molecule has 3 rings (SSSR count). The molecule has 1 aromatic rings. The van der Waals surface area contributed by atoms with E-state index in [4.69, 9.17) is 15.0 Å². The molecule has 5 atom stereocenters. The largest absolute Gasteiger partial charge is 0.465 e. The first-order chi connectivity index (χ1) is 12.5. The number of piperidine rings is 1. The van der Waals surface area contributed by atoms with Crippen LogP contribution in [0.3, 0.4) is 0 Å². The van der Waals surface area contributed by atoms with Crippen LogP contribution in [0.25, 0.3) is 0 Å². The average Bonchev–Trinajstić information content (AvgIpc) is 3.00. The molecule has 144 valence electrons. The lowest BCUT2D eigenvalue weighted by molar-refractivity contribution is -0.154. The van der Waals surface area contributed by atoms with Gasteiger partial charge in [-0.1, -0.05) is 18.2 Å². The molecule has 0 aromatic heterocycles. The van der Waals surface area contributed by atoms with Crippen LogP contribution in [0.4, 0.5) is 0 Å². The van der Waals surface area contributed by atoms with E-state index in [0.717, 1.165) is 25.7 Å². The Morgan fingerprint density at radius 3 is 2.77 bits per heavy atom. The Hall–Kier alpha value is -1.20. The van der Waals surface area contributed by atoms with Crippen LogP contribution in [0.2, 0.25) is 0 Å². The number of nitrogens with one attached hydrogen (secondary N) is 1. The topological polar surface area (TPSA) is 90.6 Å². The summed E-state index contributed by atoms with van der Waals surface area (Å²) in [7, 11) is -3.00. The molecule has 2 bridgehead atoms. The number of unbranched alkanes of at least 4 members (excludes halogenated alkanes) is 1. The fourth-order valence-electron chi connectivity index (χ4n) is 3.96. The van der Waals surface area contributed by atoms with E-state index in [1.54, 1.807) is 6.66 Å². The molecule has 2 aliphatic heterocycles. The van der Waals surface area contributed by atoms with E-state index >= 15 is 0 Å². The van der Waals surface area contributed by atoms with Crippen LogP contribution in [-0.4, -0.2) is 44.0 Å². The molecular formula is C19H29N2O4P. The molecule has 1 aromatic carbocycles. The fraction of sp³-hybridized carbons (Fsp3) is 0.632. The van der Waals surface area contributed by atoms with E-state index in [-0.39, 0.29) is 18.1 Å². The van der Waals surface area contributed by atoms with Crippen molar-refractivity contribution in [2.75, 3.05) is 19.8 Å². The molecule has 3 N–H and O–H groups in total. The molecule has 7 heteroatoms. The Bertz CT molecular complexity index is 654. The second-order valence-corrected chi connectivity index (χ2v) is 9.72. The van der Waals surface area contributed by atoms with Crippen LogP contribution < -0.4 is 16.4 Å². The highest BCUT2D eigenvalue weighted by Crippen LogP contribution is 2.47. The molecule has 0 amide bonds. The van der Waals surface area contributed by atoms with Crippen LogP contribution in [-0.2, 0) is 18.6 Å². The Morgan fingerprint density at radius 1 is 1.27 bits per heavy atom. The number of ether oxygens (including phenoxy) is 1. The number of carbonyl (C=O) groups excluding carboxylic acids is 1. The van der Waals surface area contributed by atoms with Gasteiger partial charge in [-0.05, 0) is 50.8 Å². The lowest BCUT2D eigenvalue weighted by atomic mass is 9.89. The first-order valence-electron chi connectivity index (χ1n) is 9.45. The van der Waals surface area contributed by atoms with Gasteiger partial charge in [-0.15, -0.1) is 0 Å². The molecule has 2 saturated heterocycles. The highest BCUT2D eigenvalue weighted by molar-refractivity contribution is 7.66. The van der Waals surface area contributed by atoms with Crippen molar-refractivity contribution in [3.05, 3.63) is 30.3 Å². The molecule has 0 aliphatic carbocycles. The quantitative estimate of drug-likeness (QED) is 0.407. The van der Waals surface area contributed by atoms with E-state index in [1.165, 1.54) is 0 Å². The van der Waals surface area contributed by atoms with E-state index in [9.17, 15) is 9.36 Å². The third-order valence-corrected chi connectivity index (χ3v) is 7.21. The van der Waals surface area contributed by atoms with Gasteiger partial charge in [0.25, 0.3) is 0 Å². The SMILES string of the molecule is C[P@](=O)(O[C@H]1CC2CCC(N2)[C@H]1C(=O)OCCCCN)c1ccccc1. The highest BCUT2D eigenvalue weighted by Gasteiger charge is 2.48. The van der Waals surface area contributed by atoms with Gasteiger partial charge in [0.1, 0.15) is 0 Å². The Balaban J connectivity index is 1.71. The van der Waals surface area contributed by atoms with Gasteiger partial charge < -0.3 is 20.3 Å². The van der Waals surface area contributed by atoms with E-state index in [1.807, 2.05) is 30.3 Å². The first kappa shape index (κ1) is 19.6. The highest BCUT2D eigenvalue weighted by atomic mass is 31.2. The summed E-state index contributed by atoms with van der Waals surface area (Å²) < 4.78 is 24.8.